The van der Waals surface area contributed by atoms with E-state index in [-0.39, 0.29) is 0 Å². The maximum absolute atomic E-state index is 12.2. The summed E-state index contributed by atoms with van der Waals surface area (Å²) < 4.78 is 6.18. The summed E-state index contributed by atoms with van der Waals surface area (Å²) in [6.45, 7) is 1.98. The molecule has 9 nitrogen and oxygen atoms in total. The first kappa shape index (κ1) is 17.9. The average Bonchev–Trinajstić information content (AvgIpc) is 3.02. The first-order chi connectivity index (χ1) is 12.8. The van der Waals surface area contributed by atoms with E-state index in [1.54, 1.807) is 29.1 Å². The number of benzene rings is 2. The number of primary amides is 2. The van der Waals surface area contributed by atoms with Crippen LogP contribution in [0.2, 0.25) is 0 Å². The molecule has 1 aromatic heterocycles. The van der Waals surface area contributed by atoms with Gasteiger partial charge in [-0.3, -0.25) is 9.59 Å². The quantitative estimate of drug-likeness (QED) is 0.581. The largest absolute Gasteiger partial charge is 0.426 e. The lowest BCUT2D eigenvalue weighted by Gasteiger charge is -2.13. The Labute approximate surface area is 153 Å². The Hall–Kier alpha value is -3.88. The van der Waals surface area contributed by atoms with Gasteiger partial charge in [-0.15, -0.1) is 0 Å². The van der Waals surface area contributed by atoms with Gasteiger partial charge in [0.15, 0.2) is 0 Å². The predicted molar refractivity (Wildman–Crippen MR) is 98.1 cm³/mol. The molecule has 0 saturated carbocycles. The number of aryl methyl sites for hydroxylation is 1. The Morgan fingerprint density at radius 3 is 2.59 bits per heavy atom. The van der Waals surface area contributed by atoms with Crippen LogP contribution in [0.5, 0.6) is 0 Å². The third-order valence-corrected chi connectivity index (χ3v) is 3.82. The van der Waals surface area contributed by atoms with Gasteiger partial charge in [-0.25, -0.2) is 9.48 Å². The number of aromatic nitrogens is 2. The number of rotatable bonds is 5. The van der Waals surface area contributed by atoms with E-state index in [0.29, 0.717) is 5.69 Å². The SMILES string of the molecule is Cc1cccc(-n2ncc3ccc(NC(=O)C(OC(N)=O)C(N)=O)cc32)c1. The zero-order chi connectivity index (χ0) is 19.6. The van der Waals surface area contributed by atoms with Crippen LogP contribution >= 0.6 is 0 Å². The molecule has 2 aromatic carbocycles. The molecule has 0 aliphatic carbocycles. The summed E-state index contributed by atoms with van der Waals surface area (Å²) >= 11 is 0. The van der Waals surface area contributed by atoms with Crippen LogP contribution < -0.4 is 16.8 Å². The molecule has 3 rings (SSSR count). The maximum Gasteiger partial charge on any atom is 0.405 e. The first-order valence-corrected chi connectivity index (χ1v) is 7.96. The normalized spacial score (nSPS) is 11.7. The van der Waals surface area contributed by atoms with E-state index < -0.39 is 24.0 Å². The van der Waals surface area contributed by atoms with Gasteiger partial charge in [-0.1, -0.05) is 12.1 Å². The second-order valence-electron chi connectivity index (χ2n) is 5.88. The van der Waals surface area contributed by atoms with Gasteiger partial charge in [0.25, 0.3) is 17.9 Å². The zero-order valence-corrected chi connectivity index (χ0v) is 14.4. The number of nitrogens with two attached hydrogens (primary N) is 2. The minimum absolute atomic E-state index is 0.376. The van der Waals surface area contributed by atoms with Gasteiger partial charge >= 0.3 is 6.09 Å². The van der Waals surface area contributed by atoms with Crippen LogP contribution in [0, 0.1) is 6.92 Å². The van der Waals surface area contributed by atoms with Crippen molar-refractivity contribution in [1.82, 2.24) is 9.78 Å². The lowest BCUT2D eigenvalue weighted by Crippen LogP contribution is -2.44. The van der Waals surface area contributed by atoms with Crippen molar-refractivity contribution in [3.63, 3.8) is 0 Å². The van der Waals surface area contributed by atoms with Gasteiger partial charge in [0, 0.05) is 11.1 Å². The predicted octanol–water partition coefficient (Wildman–Crippen LogP) is 1.22. The van der Waals surface area contributed by atoms with E-state index in [0.717, 1.165) is 22.2 Å². The highest BCUT2D eigenvalue weighted by Crippen LogP contribution is 2.22. The number of ether oxygens (including phenoxy) is 1. The Morgan fingerprint density at radius 1 is 1.15 bits per heavy atom. The fourth-order valence-corrected chi connectivity index (χ4v) is 2.63. The molecule has 3 amide bonds. The molecule has 0 radical (unpaired) electrons. The topological polar surface area (TPSA) is 142 Å². The molecule has 0 spiro atoms. The lowest BCUT2D eigenvalue weighted by molar-refractivity contribution is -0.136. The highest BCUT2D eigenvalue weighted by molar-refractivity contribution is 6.10. The third kappa shape index (κ3) is 3.87. The maximum atomic E-state index is 12.2. The van der Waals surface area contributed by atoms with E-state index in [1.165, 1.54) is 0 Å². The van der Waals surface area contributed by atoms with Crippen molar-refractivity contribution in [3.05, 3.63) is 54.2 Å². The number of fused-ring (bicyclic) bond motifs is 1. The summed E-state index contributed by atoms with van der Waals surface area (Å²) in [7, 11) is 0. The molecule has 9 heteroatoms. The molecule has 0 aliphatic heterocycles. The second kappa shape index (κ2) is 7.16. The molecule has 1 heterocycles. The Bertz CT molecular complexity index is 1040. The Balaban J connectivity index is 1.92. The molecule has 0 bridgehead atoms. The van der Waals surface area contributed by atoms with Crippen molar-refractivity contribution in [3.8, 4) is 5.69 Å². The number of carbonyl (C=O) groups excluding carboxylic acids is 3. The molecular formula is C18H17N5O4. The molecule has 1 unspecified atom stereocenters. The van der Waals surface area contributed by atoms with Crippen molar-refractivity contribution in [2.75, 3.05) is 5.32 Å². The molecule has 0 saturated heterocycles. The van der Waals surface area contributed by atoms with Gasteiger partial charge in [-0.2, -0.15) is 5.10 Å². The van der Waals surface area contributed by atoms with Crippen molar-refractivity contribution in [2.45, 2.75) is 13.0 Å². The van der Waals surface area contributed by atoms with Crippen LogP contribution in [0.3, 0.4) is 0 Å². The van der Waals surface area contributed by atoms with Gasteiger partial charge in [-0.05, 0) is 42.8 Å². The number of nitrogens with zero attached hydrogens (tertiary/aromatic N) is 2. The summed E-state index contributed by atoms with van der Waals surface area (Å²) in [4.78, 5) is 34.4. The summed E-state index contributed by atoms with van der Waals surface area (Å²) in [5.74, 6) is -2.03. The van der Waals surface area contributed by atoms with Crippen molar-refractivity contribution < 1.29 is 19.1 Å². The van der Waals surface area contributed by atoms with Crippen LogP contribution in [0.15, 0.2) is 48.7 Å². The number of nitrogens with one attached hydrogen (secondary N) is 1. The van der Waals surface area contributed by atoms with Crippen molar-refractivity contribution in [2.24, 2.45) is 11.5 Å². The van der Waals surface area contributed by atoms with Gasteiger partial charge < -0.3 is 21.5 Å². The molecule has 5 N–H and O–H groups in total. The minimum Gasteiger partial charge on any atom is -0.426 e. The molecule has 1 atom stereocenters. The number of carbonyl (C=O) groups is 3. The van der Waals surface area contributed by atoms with E-state index in [9.17, 15) is 14.4 Å². The molecular weight excluding hydrogens is 350 g/mol. The third-order valence-electron chi connectivity index (χ3n) is 3.82. The van der Waals surface area contributed by atoms with Gasteiger partial charge in [0.05, 0.1) is 17.4 Å². The van der Waals surface area contributed by atoms with Crippen LogP contribution in [0.25, 0.3) is 16.6 Å². The number of anilines is 1. The molecule has 0 fully saturated rings. The zero-order valence-electron chi connectivity index (χ0n) is 14.4. The van der Waals surface area contributed by atoms with Crippen LogP contribution in [-0.4, -0.2) is 33.8 Å². The highest BCUT2D eigenvalue weighted by atomic mass is 16.6. The van der Waals surface area contributed by atoms with E-state index in [1.807, 2.05) is 31.2 Å². The fraction of sp³-hybridized carbons (Fsp3) is 0.111. The fourth-order valence-electron chi connectivity index (χ4n) is 2.63. The van der Waals surface area contributed by atoms with E-state index >= 15 is 0 Å². The molecule has 3 aromatic rings. The van der Waals surface area contributed by atoms with Gasteiger partial charge in [0.1, 0.15) is 0 Å². The lowest BCUT2D eigenvalue weighted by atomic mass is 10.2. The Kier molecular flexibility index (Phi) is 4.75. The van der Waals surface area contributed by atoms with Crippen molar-refractivity contribution in [1.29, 1.82) is 0 Å². The average molecular weight is 367 g/mol. The molecule has 0 aliphatic rings. The highest BCUT2D eigenvalue weighted by Gasteiger charge is 2.28. The summed E-state index contributed by atoms with van der Waals surface area (Å²) in [6, 6.07) is 12.9. The first-order valence-electron chi connectivity index (χ1n) is 7.96. The molecule has 27 heavy (non-hydrogen) atoms. The second-order valence-corrected chi connectivity index (χ2v) is 5.88. The Morgan fingerprint density at radius 2 is 1.93 bits per heavy atom. The summed E-state index contributed by atoms with van der Waals surface area (Å²) in [5.41, 5.74) is 13.0. The van der Waals surface area contributed by atoms with Crippen LogP contribution in [0.4, 0.5) is 10.5 Å². The minimum atomic E-state index is -1.82. The van der Waals surface area contributed by atoms with E-state index in [4.69, 9.17) is 11.5 Å². The summed E-state index contributed by atoms with van der Waals surface area (Å²) in [5, 5.41) is 7.72. The van der Waals surface area contributed by atoms with Crippen LogP contribution in [-0.2, 0) is 14.3 Å². The van der Waals surface area contributed by atoms with Gasteiger partial charge in [0.2, 0.25) is 0 Å². The number of amides is 3. The standard InChI is InChI=1S/C18H17N5O4/c1-10-3-2-4-13(7-10)23-14-8-12(6-5-11(14)9-21-23)22-17(25)15(16(19)24)27-18(20)26/h2-9,15H,1H3,(H2,19,24)(H2,20,26)(H,22,25). The number of hydrogen-bond donors (Lipinski definition) is 3. The van der Waals surface area contributed by atoms with Crippen molar-refractivity contribution >= 4 is 34.5 Å². The van der Waals surface area contributed by atoms with Crippen LogP contribution in [0.1, 0.15) is 5.56 Å². The summed E-state index contributed by atoms with van der Waals surface area (Å²) in [6.07, 6.45) is -1.40. The number of hydrogen-bond acceptors (Lipinski definition) is 5. The smallest absolute Gasteiger partial charge is 0.405 e. The molecule has 138 valence electrons. The monoisotopic (exact) mass is 367 g/mol. The van der Waals surface area contributed by atoms with E-state index in [2.05, 4.69) is 15.2 Å².